The van der Waals surface area contributed by atoms with Crippen molar-refractivity contribution in [3.8, 4) is 5.75 Å². The number of aromatic carboxylic acids is 1. The Bertz CT molecular complexity index is 546. The van der Waals surface area contributed by atoms with Crippen molar-refractivity contribution in [2.45, 2.75) is 13.0 Å². The molecule has 2 rings (SSSR count). The van der Waals surface area contributed by atoms with Gasteiger partial charge in [-0.1, -0.05) is 12.1 Å². The molecule has 0 aliphatic rings. The molecular weight excluding hydrogens is 232 g/mol. The van der Waals surface area contributed by atoms with Gasteiger partial charge in [0.1, 0.15) is 11.4 Å². The molecule has 1 N–H and O–H groups in total. The normalized spacial score (nSPS) is 12.1. The highest BCUT2D eigenvalue weighted by atomic mass is 16.5. The van der Waals surface area contributed by atoms with Crippen molar-refractivity contribution < 1.29 is 14.6 Å². The van der Waals surface area contributed by atoms with Crippen molar-refractivity contribution in [3.63, 3.8) is 0 Å². The van der Waals surface area contributed by atoms with Gasteiger partial charge in [0.15, 0.2) is 0 Å². The molecular formula is C13H14N2O3. The summed E-state index contributed by atoms with van der Waals surface area (Å²) >= 11 is 0. The molecule has 5 heteroatoms. The number of hydrogen-bond acceptors (Lipinski definition) is 3. The maximum absolute atomic E-state index is 11.0. The van der Waals surface area contributed by atoms with E-state index in [1.54, 1.807) is 11.7 Å². The van der Waals surface area contributed by atoms with E-state index in [0.29, 0.717) is 0 Å². The second-order valence-electron chi connectivity index (χ2n) is 3.94. The van der Waals surface area contributed by atoms with Crippen LogP contribution in [0.25, 0.3) is 0 Å². The van der Waals surface area contributed by atoms with Crippen LogP contribution in [0.4, 0.5) is 0 Å². The molecule has 0 saturated carbocycles. The monoisotopic (exact) mass is 246 g/mol. The minimum absolute atomic E-state index is 0.0930. The van der Waals surface area contributed by atoms with Crippen LogP contribution in [-0.4, -0.2) is 27.7 Å². The molecule has 2 aromatic rings. The Labute approximate surface area is 105 Å². The first-order chi connectivity index (χ1) is 8.63. The van der Waals surface area contributed by atoms with Crippen LogP contribution in [0.2, 0.25) is 0 Å². The van der Waals surface area contributed by atoms with Gasteiger partial charge in [-0.25, -0.2) is 9.78 Å². The molecule has 5 nitrogen and oxygen atoms in total. The summed E-state index contributed by atoms with van der Waals surface area (Å²) in [5, 5.41) is 9.05. The first-order valence-corrected chi connectivity index (χ1v) is 5.52. The maximum atomic E-state index is 11.0. The fraction of sp³-hybridized carbons (Fsp3) is 0.231. The number of benzene rings is 1. The van der Waals surface area contributed by atoms with E-state index in [0.717, 1.165) is 11.3 Å². The number of ether oxygens (including phenoxy) is 1. The Morgan fingerprint density at radius 1 is 1.39 bits per heavy atom. The highest BCUT2D eigenvalue weighted by Crippen LogP contribution is 2.22. The van der Waals surface area contributed by atoms with Crippen molar-refractivity contribution in [1.29, 1.82) is 0 Å². The quantitative estimate of drug-likeness (QED) is 0.898. The summed E-state index contributed by atoms with van der Waals surface area (Å²) in [6.45, 7) is 1.93. The summed E-state index contributed by atoms with van der Waals surface area (Å²) in [5.74, 6) is -0.206. The van der Waals surface area contributed by atoms with Crippen LogP contribution in [-0.2, 0) is 0 Å². The average molecular weight is 246 g/mol. The number of carbonyl (C=O) groups is 1. The van der Waals surface area contributed by atoms with Gasteiger partial charge in [-0.15, -0.1) is 0 Å². The molecule has 1 atom stereocenters. The van der Waals surface area contributed by atoms with E-state index in [1.165, 1.54) is 12.5 Å². The van der Waals surface area contributed by atoms with Gasteiger partial charge in [-0.2, -0.15) is 0 Å². The van der Waals surface area contributed by atoms with Crippen LogP contribution < -0.4 is 4.74 Å². The zero-order valence-electron chi connectivity index (χ0n) is 10.2. The van der Waals surface area contributed by atoms with Gasteiger partial charge in [0, 0.05) is 0 Å². The Kier molecular flexibility index (Phi) is 3.32. The number of aromatic nitrogens is 2. The second-order valence-corrected chi connectivity index (χ2v) is 3.94. The minimum atomic E-state index is -0.979. The van der Waals surface area contributed by atoms with Crippen molar-refractivity contribution in [2.75, 3.05) is 7.11 Å². The van der Waals surface area contributed by atoms with Gasteiger partial charge < -0.3 is 14.4 Å². The van der Waals surface area contributed by atoms with Crippen LogP contribution in [0.5, 0.6) is 5.75 Å². The largest absolute Gasteiger partial charge is 0.497 e. The average Bonchev–Trinajstić information content (AvgIpc) is 2.87. The zero-order chi connectivity index (χ0) is 13.1. The van der Waals surface area contributed by atoms with Gasteiger partial charge in [0.2, 0.25) is 0 Å². The molecule has 1 heterocycles. The highest BCUT2D eigenvalue weighted by Gasteiger charge is 2.16. The van der Waals surface area contributed by atoms with Crippen LogP contribution >= 0.6 is 0 Å². The lowest BCUT2D eigenvalue weighted by Gasteiger charge is -2.15. The zero-order valence-corrected chi connectivity index (χ0v) is 10.2. The number of rotatable bonds is 4. The molecule has 0 amide bonds. The molecule has 1 aromatic carbocycles. The fourth-order valence-corrected chi connectivity index (χ4v) is 1.82. The summed E-state index contributed by atoms with van der Waals surface area (Å²) < 4.78 is 6.72. The molecule has 0 radical (unpaired) electrons. The Morgan fingerprint density at radius 2 is 2.06 bits per heavy atom. The number of hydrogen-bond donors (Lipinski definition) is 1. The predicted molar refractivity (Wildman–Crippen MR) is 66.0 cm³/mol. The highest BCUT2D eigenvalue weighted by molar-refractivity contribution is 5.85. The van der Waals surface area contributed by atoms with Crippen LogP contribution in [0, 0.1) is 0 Å². The molecule has 0 unspecified atom stereocenters. The summed E-state index contributed by atoms with van der Waals surface area (Å²) in [4.78, 5) is 14.9. The standard InChI is InChI=1S/C13H14N2O3/c1-9(10-3-5-11(18-2)6-4-10)15-8-14-7-12(15)13(16)17/h3-9H,1-2H3,(H,16,17)/t9-/m1/s1. The van der Waals surface area contributed by atoms with E-state index in [9.17, 15) is 4.79 Å². The van der Waals surface area contributed by atoms with Crippen molar-refractivity contribution in [2.24, 2.45) is 0 Å². The van der Waals surface area contributed by atoms with Crippen molar-refractivity contribution in [1.82, 2.24) is 9.55 Å². The van der Waals surface area contributed by atoms with Gasteiger partial charge >= 0.3 is 5.97 Å². The smallest absolute Gasteiger partial charge is 0.354 e. The van der Waals surface area contributed by atoms with E-state index in [-0.39, 0.29) is 11.7 Å². The molecule has 94 valence electrons. The summed E-state index contributed by atoms with van der Waals surface area (Å²) in [7, 11) is 1.61. The second kappa shape index (κ2) is 4.91. The first-order valence-electron chi connectivity index (χ1n) is 5.52. The molecule has 0 fully saturated rings. The number of carboxylic acids is 1. The Hall–Kier alpha value is -2.30. The predicted octanol–water partition coefficient (Wildman–Crippen LogP) is 2.20. The molecule has 1 aromatic heterocycles. The first kappa shape index (κ1) is 12.2. The SMILES string of the molecule is COc1ccc([C@@H](C)n2cncc2C(=O)O)cc1. The molecule has 0 bridgehead atoms. The molecule has 0 spiro atoms. The topological polar surface area (TPSA) is 64.4 Å². The third kappa shape index (κ3) is 2.20. The molecule has 18 heavy (non-hydrogen) atoms. The van der Waals surface area contributed by atoms with Gasteiger partial charge in [0.05, 0.1) is 25.7 Å². The molecule has 0 saturated heterocycles. The molecule has 0 aliphatic carbocycles. The fourth-order valence-electron chi connectivity index (χ4n) is 1.82. The van der Waals surface area contributed by atoms with Gasteiger partial charge in [-0.3, -0.25) is 0 Å². The number of nitrogens with zero attached hydrogens (tertiary/aromatic N) is 2. The minimum Gasteiger partial charge on any atom is -0.497 e. The van der Waals surface area contributed by atoms with Crippen molar-refractivity contribution >= 4 is 5.97 Å². The third-order valence-electron chi connectivity index (χ3n) is 2.90. The van der Waals surface area contributed by atoms with Crippen LogP contribution in [0.3, 0.4) is 0 Å². The maximum Gasteiger partial charge on any atom is 0.354 e. The van der Waals surface area contributed by atoms with E-state index in [1.807, 2.05) is 31.2 Å². The lowest BCUT2D eigenvalue weighted by Crippen LogP contribution is -2.12. The lowest BCUT2D eigenvalue weighted by molar-refractivity contribution is 0.0684. The van der Waals surface area contributed by atoms with E-state index >= 15 is 0 Å². The van der Waals surface area contributed by atoms with Crippen molar-refractivity contribution in [3.05, 3.63) is 48.0 Å². The Morgan fingerprint density at radius 3 is 2.61 bits per heavy atom. The number of imidazole rings is 1. The summed E-state index contributed by atoms with van der Waals surface area (Å²) in [6, 6.07) is 7.43. The van der Waals surface area contributed by atoms with E-state index in [2.05, 4.69) is 4.98 Å². The molecule has 0 aliphatic heterocycles. The summed E-state index contributed by atoms with van der Waals surface area (Å²) in [6.07, 6.45) is 2.88. The lowest BCUT2D eigenvalue weighted by atomic mass is 10.1. The summed E-state index contributed by atoms with van der Waals surface area (Å²) in [5.41, 5.74) is 1.18. The number of methoxy groups -OCH3 is 1. The van der Waals surface area contributed by atoms with Crippen LogP contribution in [0.1, 0.15) is 29.0 Å². The van der Waals surface area contributed by atoms with E-state index < -0.39 is 5.97 Å². The van der Waals surface area contributed by atoms with Gasteiger partial charge in [-0.05, 0) is 24.6 Å². The Balaban J connectivity index is 2.32. The van der Waals surface area contributed by atoms with Crippen LogP contribution in [0.15, 0.2) is 36.8 Å². The van der Waals surface area contributed by atoms with Gasteiger partial charge in [0.25, 0.3) is 0 Å². The third-order valence-corrected chi connectivity index (χ3v) is 2.90. The number of carboxylic acid groups (broad SMARTS) is 1. The van der Waals surface area contributed by atoms with E-state index in [4.69, 9.17) is 9.84 Å².